The Morgan fingerprint density at radius 3 is 3.00 bits per heavy atom. The molecule has 1 saturated carbocycles. The summed E-state index contributed by atoms with van der Waals surface area (Å²) in [5.74, 6) is 1.51. The lowest BCUT2D eigenvalue weighted by Gasteiger charge is -2.25. The Morgan fingerprint density at radius 1 is 1.41 bits per heavy atom. The average Bonchev–Trinajstić information content (AvgIpc) is 3.08. The minimum absolute atomic E-state index is 0.0851. The van der Waals surface area contributed by atoms with Gasteiger partial charge < -0.3 is 10.1 Å². The van der Waals surface area contributed by atoms with Crippen LogP contribution in [0.3, 0.4) is 0 Å². The third-order valence-corrected chi connectivity index (χ3v) is 3.56. The van der Waals surface area contributed by atoms with E-state index in [0.717, 1.165) is 37.9 Å². The van der Waals surface area contributed by atoms with Gasteiger partial charge in [-0.05, 0) is 24.3 Å². The smallest absolute Gasteiger partial charge is 0.238 e. The summed E-state index contributed by atoms with van der Waals surface area (Å²) in [5, 5.41) is 2.98. The predicted molar refractivity (Wildman–Crippen MR) is 64.2 cm³/mol. The van der Waals surface area contributed by atoms with Gasteiger partial charge in [0.15, 0.2) is 0 Å². The molecule has 2 atom stereocenters. The Hall–Kier alpha value is -1.13. The first-order valence-corrected chi connectivity index (χ1v) is 6.31. The van der Waals surface area contributed by atoms with Crippen LogP contribution in [0.1, 0.15) is 6.42 Å². The summed E-state index contributed by atoms with van der Waals surface area (Å²) in [6, 6.07) is 0. The molecule has 92 valence electrons. The van der Waals surface area contributed by atoms with Gasteiger partial charge in [-0.15, -0.1) is 0 Å². The van der Waals surface area contributed by atoms with Crippen LogP contribution < -0.4 is 5.32 Å². The van der Waals surface area contributed by atoms with Crippen molar-refractivity contribution >= 4 is 5.91 Å². The number of hydrogen-bond acceptors (Lipinski definition) is 3. The van der Waals surface area contributed by atoms with Crippen molar-refractivity contribution in [1.82, 2.24) is 10.2 Å². The van der Waals surface area contributed by atoms with E-state index in [1.807, 2.05) is 6.08 Å². The van der Waals surface area contributed by atoms with Crippen molar-refractivity contribution in [2.45, 2.75) is 6.42 Å². The third kappa shape index (κ3) is 2.76. The molecule has 1 heterocycles. The maximum Gasteiger partial charge on any atom is 0.238 e. The van der Waals surface area contributed by atoms with Crippen molar-refractivity contribution in [3.05, 3.63) is 23.9 Å². The summed E-state index contributed by atoms with van der Waals surface area (Å²) in [7, 11) is 0. The van der Waals surface area contributed by atoms with Crippen LogP contribution in [-0.4, -0.2) is 43.7 Å². The van der Waals surface area contributed by atoms with E-state index in [-0.39, 0.29) is 5.91 Å². The number of fused-ring (bicyclic) bond motifs is 1. The molecule has 2 aliphatic carbocycles. The second kappa shape index (κ2) is 4.63. The monoisotopic (exact) mass is 234 g/mol. The zero-order valence-corrected chi connectivity index (χ0v) is 9.89. The van der Waals surface area contributed by atoms with Crippen LogP contribution in [0.5, 0.6) is 0 Å². The number of ether oxygens (including phenoxy) is 1. The lowest BCUT2D eigenvalue weighted by Crippen LogP contribution is -2.42. The molecule has 0 radical (unpaired) electrons. The summed E-state index contributed by atoms with van der Waals surface area (Å²) in [6.45, 7) is 3.65. The molecule has 0 aromatic rings. The molecule has 4 heteroatoms. The zero-order chi connectivity index (χ0) is 11.7. The number of carbonyl (C=O) groups excluding carboxylic acids is 1. The molecule has 0 bridgehead atoms. The van der Waals surface area contributed by atoms with E-state index in [9.17, 15) is 4.79 Å². The van der Waals surface area contributed by atoms with Crippen molar-refractivity contribution in [1.29, 1.82) is 0 Å². The number of nitrogens with one attached hydrogen (secondary N) is 1. The van der Waals surface area contributed by atoms with Crippen molar-refractivity contribution in [3.8, 4) is 0 Å². The van der Waals surface area contributed by atoms with Gasteiger partial charge in [-0.25, -0.2) is 0 Å². The highest BCUT2D eigenvalue weighted by atomic mass is 16.5. The fourth-order valence-electron chi connectivity index (χ4n) is 2.41. The minimum atomic E-state index is 0.0851. The van der Waals surface area contributed by atoms with Crippen molar-refractivity contribution < 1.29 is 9.53 Å². The van der Waals surface area contributed by atoms with Crippen molar-refractivity contribution in [2.24, 2.45) is 11.8 Å². The number of hydrogen-bond donors (Lipinski definition) is 1. The number of nitrogens with zero attached hydrogens (tertiary/aromatic N) is 1. The van der Waals surface area contributed by atoms with Crippen LogP contribution >= 0.6 is 0 Å². The van der Waals surface area contributed by atoms with E-state index in [0.29, 0.717) is 12.5 Å². The van der Waals surface area contributed by atoms with Gasteiger partial charge in [0.25, 0.3) is 0 Å². The van der Waals surface area contributed by atoms with Gasteiger partial charge in [0.05, 0.1) is 19.8 Å². The van der Waals surface area contributed by atoms with Crippen LogP contribution in [0.25, 0.3) is 0 Å². The van der Waals surface area contributed by atoms with Crippen LogP contribution in [0.15, 0.2) is 23.9 Å². The lowest BCUT2D eigenvalue weighted by molar-refractivity contribution is -0.122. The average molecular weight is 234 g/mol. The number of carbonyl (C=O) groups is 1. The summed E-state index contributed by atoms with van der Waals surface area (Å²) in [5.41, 5.74) is 0.974. The quantitative estimate of drug-likeness (QED) is 0.774. The van der Waals surface area contributed by atoms with Gasteiger partial charge in [0.2, 0.25) is 5.91 Å². The normalized spacial score (nSPS) is 31.6. The molecular formula is C13H18N2O2. The topological polar surface area (TPSA) is 41.6 Å². The molecule has 17 heavy (non-hydrogen) atoms. The van der Waals surface area contributed by atoms with Crippen LogP contribution in [0, 0.1) is 11.8 Å². The first kappa shape index (κ1) is 11.0. The highest BCUT2D eigenvalue weighted by Crippen LogP contribution is 2.43. The molecule has 3 rings (SSSR count). The first-order chi connectivity index (χ1) is 8.31. The van der Waals surface area contributed by atoms with E-state index in [1.165, 1.54) is 6.42 Å². The predicted octanol–water partition coefficient (Wildman–Crippen LogP) is 0.525. The molecule has 1 aliphatic heterocycles. The van der Waals surface area contributed by atoms with E-state index in [4.69, 9.17) is 4.74 Å². The van der Waals surface area contributed by atoms with Crippen LogP contribution in [0.4, 0.5) is 0 Å². The standard InChI is InChI=1S/C13H18N2O2/c16-13(9-15-3-5-17-6-4-15)14-12-2-1-10-7-11(10)8-12/h1-2,8,10-11H,3-7,9H2,(H,14,16). The van der Waals surface area contributed by atoms with Crippen LogP contribution in [-0.2, 0) is 9.53 Å². The van der Waals surface area contributed by atoms with Crippen molar-refractivity contribution in [3.63, 3.8) is 0 Å². The molecule has 2 fully saturated rings. The Kier molecular flexibility index (Phi) is 2.99. The fourth-order valence-corrected chi connectivity index (χ4v) is 2.41. The summed E-state index contributed by atoms with van der Waals surface area (Å²) in [4.78, 5) is 14.0. The lowest BCUT2D eigenvalue weighted by atomic mass is 10.1. The minimum Gasteiger partial charge on any atom is -0.379 e. The molecule has 1 amide bonds. The van der Waals surface area contributed by atoms with Gasteiger partial charge in [-0.1, -0.05) is 12.2 Å². The molecule has 1 saturated heterocycles. The second-order valence-electron chi connectivity index (χ2n) is 4.98. The Morgan fingerprint density at radius 2 is 2.24 bits per heavy atom. The van der Waals surface area contributed by atoms with E-state index >= 15 is 0 Å². The van der Waals surface area contributed by atoms with Gasteiger partial charge in [0, 0.05) is 18.8 Å². The molecule has 4 nitrogen and oxygen atoms in total. The maximum atomic E-state index is 11.8. The second-order valence-corrected chi connectivity index (χ2v) is 4.98. The highest BCUT2D eigenvalue weighted by Gasteiger charge is 2.35. The Balaban J connectivity index is 1.48. The summed E-state index contributed by atoms with van der Waals surface area (Å²) in [6.07, 6.45) is 7.67. The molecule has 0 aromatic heterocycles. The van der Waals surface area contributed by atoms with E-state index in [1.54, 1.807) is 0 Å². The Bertz CT molecular complexity index is 370. The van der Waals surface area contributed by atoms with Gasteiger partial charge >= 0.3 is 0 Å². The fraction of sp³-hybridized carbons (Fsp3) is 0.615. The number of rotatable bonds is 3. The van der Waals surface area contributed by atoms with Gasteiger partial charge in [-0.3, -0.25) is 9.69 Å². The largest absolute Gasteiger partial charge is 0.379 e. The van der Waals surface area contributed by atoms with E-state index in [2.05, 4.69) is 22.4 Å². The van der Waals surface area contributed by atoms with Gasteiger partial charge in [0.1, 0.15) is 0 Å². The van der Waals surface area contributed by atoms with Gasteiger partial charge in [-0.2, -0.15) is 0 Å². The molecule has 0 aromatic carbocycles. The van der Waals surface area contributed by atoms with Crippen LogP contribution in [0.2, 0.25) is 0 Å². The third-order valence-electron chi connectivity index (χ3n) is 3.56. The molecule has 0 spiro atoms. The zero-order valence-electron chi connectivity index (χ0n) is 9.89. The number of amides is 1. The first-order valence-electron chi connectivity index (χ1n) is 6.31. The molecule has 3 aliphatic rings. The molecule has 1 N–H and O–H groups in total. The Labute approximate surface area is 101 Å². The van der Waals surface area contributed by atoms with Crippen molar-refractivity contribution in [2.75, 3.05) is 32.8 Å². The number of allylic oxidation sites excluding steroid dienone is 3. The number of morpholine rings is 1. The maximum absolute atomic E-state index is 11.8. The highest BCUT2D eigenvalue weighted by molar-refractivity contribution is 5.80. The summed E-state index contributed by atoms with van der Waals surface area (Å²) < 4.78 is 5.25. The summed E-state index contributed by atoms with van der Waals surface area (Å²) >= 11 is 0. The van der Waals surface area contributed by atoms with E-state index < -0.39 is 0 Å². The molecular weight excluding hydrogens is 216 g/mol. The SMILES string of the molecule is O=C(CN1CCOCC1)NC1=CC2CC2C=C1. The molecule has 2 unspecified atom stereocenters.